The molecule has 0 spiro atoms. The number of ether oxygens (including phenoxy) is 1. The molecule has 190 valence electrons. The van der Waals surface area contributed by atoms with Crippen molar-refractivity contribution in [3.05, 3.63) is 96.3 Å². The van der Waals surface area contributed by atoms with Crippen molar-refractivity contribution < 1.29 is 27.8 Å². The van der Waals surface area contributed by atoms with Crippen LogP contribution >= 0.6 is 0 Å². The molecule has 7 nitrogen and oxygen atoms in total. The summed E-state index contributed by atoms with van der Waals surface area (Å²) in [6, 6.07) is 15.1. The fourth-order valence-corrected chi connectivity index (χ4v) is 4.41. The Labute approximate surface area is 212 Å². The quantitative estimate of drug-likeness (QED) is 0.371. The lowest BCUT2D eigenvalue weighted by molar-refractivity contribution is -0.303. The van der Waals surface area contributed by atoms with Crippen molar-refractivity contribution in [2.45, 2.75) is 37.9 Å². The molecule has 0 radical (unpaired) electrons. The predicted molar refractivity (Wildman–Crippen MR) is 131 cm³/mol. The topological polar surface area (TPSA) is 101 Å². The Bertz CT molecular complexity index is 1340. The average Bonchev–Trinajstić information content (AvgIpc) is 3.04. The summed E-state index contributed by atoms with van der Waals surface area (Å²) in [7, 11) is 0. The molecular formula is C27H23F3N4O3. The van der Waals surface area contributed by atoms with Crippen molar-refractivity contribution >= 4 is 17.4 Å². The van der Waals surface area contributed by atoms with E-state index < -0.39 is 29.4 Å². The monoisotopic (exact) mass is 508 g/mol. The van der Waals surface area contributed by atoms with Gasteiger partial charge in [0.1, 0.15) is 5.76 Å². The Morgan fingerprint density at radius 1 is 1.05 bits per heavy atom. The van der Waals surface area contributed by atoms with Crippen LogP contribution in [-0.4, -0.2) is 28.8 Å². The van der Waals surface area contributed by atoms with Gasteiger partial charge in [-0.1, -0.05) is 26.2 Å². The lowest BCUT2D eigenvalue weighted by Gasteiger charge is -2.45. The van der Waals surface area contributed by atoms with E-state index in [9.17, 15) is 28.3 Å². The maximum atomic E-state index is 14.0. The van der Waals surface area contributed by atoms with Crippen LogP contribution in [0.15, 0.2) is 85.2 Å². The zero-order valence-electron chi connectivity index (χ0n) is 20.1. The molecule has 2 aromatic rings. The van der Waals surface area contributed by atoms with Gasteiger partial charge < -0.3 is 9.84 Å². The van der Waals surface area contributed by atoms with Gasteiger partial charge in [0, 0.05) is 16.9 Å². The van der Waals surface area contributed by atoms with Crippen LogP contribution in [0.25, 0.3) is 0 Å². The standard InChI is InChI=1S/C27H23F3N4O3/c1-5-21(15-18(3)37-27(28,29)30)26(36)25(4,6-2)33(22-11-7-19(16-31)8-12-22)24(35)34(26)23-13-9-20(17-32)10-14-23/h5,7-15,36H,1,3,6H2,2,4H3/b21-15+. The van der Waals surface area contributed by atoms with Crippen molar-refractivity contribution in [3.63, 3.8) is 0 Å². The normalized spacial score (nSPS) is 21.8. The summed E-state index contributed by atoms with van der Waals surface area (Å²) in [5.74, 6) is -0.821. The lowest BCUT2D eigenvalue weighted by atomic mass is 9.79. The van der Waals surface area contributed by atoms with Gasteiger partial charge in [0.15, 0.2) is 5.72 Å². The summed E-state index contributed by atoms with van der Waals surface area (Å²) >= 11 is 0. The Morgan fingerprint density at radius 3 is 1.89 bits per heavy atom. The fraction of sp³-hybridized carbons (Fsp3) is 0.222. The van der Waals surface area contributed by atoms with E-state index in [4.69, 9.17) is 5.26 Å². The van der Waals surface area contributed by atoms with Gasteiger partial charge in [0.05, 0.1) is 28.8 Å². The lowest BCUT2D eigenvalue weighted by Crippen LogP contribution is -2.61. The first kappa shape index (κ1) is 27.1. The van der Waals surface area contributed by atoms with E-state index in [-0.39, 0.29) is 17.7 Å². The van der Waals surface area contributed by atoms with E-state index in [0.29, 0.717) is 16.8 Å². The number of carbonyl (C=O) groups excluding carboxylic acids is 1. The van der Waals surface area contributed by atoms with Gasteiger partial charge in [-0.2, -0.15) is 10.5 Å². The van der Waals surface area contributed by atoms with Crippen LogP contribution < -0.4 is 9.80 Å². The highest BCUT2D eigenvalue weighted by atomic mass is 19.4. The van der Waals surface area contributed by atoms with Crippen molar-refractivity contribution in [1.29, 1.82) is 10.5 Å². The minimum absolute atomic E-state index is 0.139. The molecule has 1 aliphatic heterocycles. The minimum atomic E-state index is -5.02. The van der Waals surface area contributed by atoms with Crippen LogP contribution in [0.4, 0.5) is 29.3 Å². The molecule has 2 aromatic carbocycles. The number of rotatable bonds is 7. The summed E-state index contributed by atoms with van der Waals surface area (Å²) < 4.78 is 42.4. The molecule has 1 aliphatic rings. The van der Waals surface area contributed by atoms with Crippen molar-refractivity contribution in [2.75, 3.05) is 9.80 Å². The van der Waals surface area contributed by atoms with Crippen LogP contribution in [0.2, 0.25) is 0 Å². The zero-order chi connectivity index (χ0) is 27.6. The van der Waals surface area contributed by atoms with Gasteiger partial charge in [0.2, 0.25) is 0 Å². The predicted octanol–water partition coefficient (Wildman–Crippen LogP) is 5.90. The molecule has 37 heavy (non-hydrogen) atoms. The van der Waals surface area contributed by atoms with Gasteiger partial charge in [-0.3, -0.25) is 9.80 Å². The summed E-state index contributed by atoms with van der Waals surface area (Å²) in [6.45, 7) is 10.2. The van der Waals surface area contributed by atoms with Gasteiger partial charge in [0.25, 0.3) is 0 Å². The fourth-order valence-electron chi connectivity index (χ4n) is 4.41. The zero-order valence-corrected chi connectivity index (χ0v) is 20.1. The number of nitriles is 2. The van der Waals surface area contributed by atoms with E-state index in [1.165, 1.54) is 53.4 Å². The molecule has 1 N–H and O–H groups in total. The number of benzene rings is 2. The minimum Gasteiger partial charge on any atom is -0.406 e. The highest BCUT2D eigenvalue weighted by molar-refractivity contribution is 6.10. The van der Waals surface area contributed by atoms with Gasteiger partial charge in [-0.15, -0.1) is 13.2 Å². The van der Waals surface area contributed by atoms with E-state index in [2.05, 4.69) is 17.9 Å². The van der Waals surface area contributed by atoms with E-state index in [1.807, 2.05) is 12.1 Å². The van der Waals surface area contributed by atoms with Crippen LogP contribution in [0.3, 0.4) is 0 Å². The van der Waals surface area contributed by atoms with Gasteiger partial charge in [-0.25, -0.2) is 4.79 Å². The molecule has 1 saturated heterocycles. The number of nitrogens with zero attached hydrogens (tertiary/aromatic N) is 4. The SMILES string of the molecule is C=C/C(=C\C(=C)OC(F)(F)F)C1(O)N(c2ccc(C#N)cc2)C(=O)N(c2ccc(C#N)cc2)C1(C)CC. The summed E-state index contributed by atoms with van der Waals surface area (Å²) in [6.07, 6.45) is -2.88. The summed E-state index contributed by atoms with van der Waals surface area (Å²) in [4.78, 5) is 16.4. The number of halogens is 3. The Hall–Kier alpha value is -4.54. The molecule has 1 heterocycles. The Kier molecular flexibility index (Phi) is 7.20. The highest BCUT2D eigenvalue weighted by Gasteiger charge is 2.65. The van der Waals surface area contributed by atoms with Crippen molar-refractivity contribution in [1.82, 2.24) is 0 Å². The number of alkyl halides is 3. The third kappa shape index (κ3) is 4.67. The second-order valence-corrected chi connectivity index (χ2v) is 8.39. The van der Waals surface area contributed by atoms with E-state index >= 15 is 0 Å². The first-order valence-electron chi connectivity index (χ1n) is 11.0. The van der Waals surface area contributed by atoms with E-state index in [1.54, 1.807) is 13.8 Å². The number of carbonyl (C=O) groups is 1. The number of hydrogen-bond acceptors (Lipinski definition) is 5. The third-order valence-electron chi connectivity index (χ3n) is 6.33. The van der Waals surface area contributed by atoms with Crippen LogP contribution in [0, 0.1) is 22.7 Å². The molecule has 2 amide bonds. The number of aliphatic hydroxyl groups is 1. The molecule has 0 aliphatic carbocycles. The molecule has 0 saturated carbocycles. The highest BCUT2D eigenvalue weighted by Crippen LogP contribution is 2.50. The molecule has 0 aromatic heterocycles. The Morgan fingerprint density at radius 2 is 1.51 bits per heavy atom. The van der Waals surface area contributed by atoms with Crippen molar-refractivity contribution in [3.8, 4) is 12.1 Å². The maximum Gasteiger partial charge on any atom is 0.573 e. The average molecular weight is 509 g/mol. The number of allylic oxidation sites excluding steroid dienone is 1. The van der Waals surface area contributed by atoms with E-state index in [0.717, 1.165) is 17.1 Å². The first-order valence-corrected chi connectivity index (χ1v) is 11.0. The summed E-state index contributed by atoms with van der Waals surface area (Å²) in [5.41, 5.74) is -2.76. The smallest absolute Gasteiger partial charge is 0.406 e. The number of amides is 2. The van der Waals surface area contributed by atoms with Gasteiger partial charge in [-0.05, 0) is 68.0 Å². The molecule has 2 unspecified atom stereocenters. The second-order valence-electron chi connectivity index (χ2n) is 8.39. The molecule has 0 bridgehead atoms. The molecule has 3 rings (SSSR count). The Balaban J connectivity index is 2.30. The number of urea groups is 1. The van der Waals surface area contributed by atoms with Crippen LogP contribution in [0.1, 0.15) is 31.4 Å². The summed E-state index contributed by atoms with van der Waals surface area (Å²) in [5, 5.41) is 30.7. The molecule has 2 atom stereocenters. The van der Waals surface area contributed by atoms with Gasteiger partial charge >= 0.3 is 12.4 Å². The molecular weight excluding hydrogens is 485 g/mol. The first-order chi connectivity index (χ1) is 17.4. The molecule has 1 fully saturated rings. The third-order valence-corrected chi connectivity index (χ3v) is 6.33. The maximum absolute atomic E-state index is 14.0. The number of anilines is 2. The molecule has 10 heteroatoms. The van der Waals surface area contributed by atoms with Crippen LogP contribution in [0.5, 0.6) is 0 Å². The largest absolute Gasteiger partial charge is 0.573 e. The second kappa shape index (κ2) is 9.84. The van der Waals surface area contributed by atoms with Crippen LogP contribution in [-0.2, 0) is 4.74 Å². The van der Waals surface area contributed by atoms with Crippen molar-refractivity contribution in [2.24, 2.45) is 0 Å². The number of hydrogen-bond donors (Lipinski definition) is 1.